The third-order valence-electron chi connectivity index (χ3n) is 2.30. The fraction of sp³-hybridized carbons (Fsp3) is 0.769. The van der Waals surface area contributed by atoms with Crippen LogP contribution in [0.5, 0.6) is 0 Å². The lowest BCUT2D eigenvalue weighted by Gasteiger charge is -2.25. The van der Waals surface area contributed by atoms with Gasteiger partial charge in [-0.25, -0.2) is 0 Å². The van der Waals surface area contributed by atoms with E-state index in [9.17, 15) is 4.79 Å². The maximum Gasteiger partial charge on any atom is 0.223 e. The number of rotatable bonds is 6. The minimum atomic E-state index is 0.128. The van der Waals surface area contributed by atoms with Crippen LogP contribution in [-0.2, 0) is 4.79 Å². The molecular formula is C13H25NO. The quantitative estimate of drug-likeness (QED) is 0.672. The second-order valence-corrected chi connectivity index (χ2v) is 5.22. The SMILES string of the molecule is C=CCCC(CC(C)(C)C)C(=O)NCC. The number of carbonyl (C=O) groups is 1. The van der Waals surface area contributed by atoms with Gasteiger partial charge in [0.25, 0.3) is 0 Å². The summed E-state index contributed by atoms with van der Waals surface area (Å²) < 4.78 is 0. The molecule has 0 aliphatic carbocycles. The summed E-state index contributed by atoms with van der Waals surface area (Å²) in [4.78, 5) is 11.8. The van der Waals surface area contributed by atoms with Crippen molar-refractivity contribution in [1.29, 1.82) is 0 Å². The summed E-state index contributed by atoms with van der Waals surface area (Å²) in [6, 6.07) is 0. The van der Waals surface area contributed by atoms with Crippen LogP contribution in [0.3, 0.4) is 0 Å². The molecule has 0 fully saturated rings. The van der Waals surface area contributed by atoms with Crippen molar-refractivity contribution >= 4 is 5.91 Å². The summed E-state index contributed by atoms with van der Waals surface area (Å²) in [6.45, 7) is 12.9. The lowest BCUT2D eigenvalue weighted by Crippen LogP contribution is -2.32. The highest BCUT2D eigenvalue weighted by Gasteiger charge is 2.23. The van der Waals surface area contributed by atoms with E-state index in [-0.39, 0.29) is 17.2 Å². The third kappa shape index (κ3) is 7.18. The van der Waals surface area contributed by atoms with Crippen LogP contribution in [-0.4, -0.2) is 12.5 Å². The van der Waals surface area contributed by atoms with Gasteiger partial charge in [0, 0.05) is 12.5 Å². The van der Waals surface area contributed by atoms with E-state index >= 15 is 0 Å². The van der Waals surface area contributed by atoms with E-state index in [2.05, 4.69) is 32.7 Å². The summed E-state index contributed by atoms with van der Waals surface area (Å²) in [5.41, 5.74) is 0.205. The molecular weight excluding hydrogens is 186 g/mol. The van der Waals surface area contributed by atoms with Gasteiger partial charge in [-0.1, -0.05) is 26.8 Å². The van der Waals surface area contributed by atoms with Crippen molar-refractivity contribution in [2.24, 2.45) is 11.3 Å². The van der Waals surface area contributed by atoms with Crippen molar-refractivity contribution in [2.75, 3.05) is 6.54 Å². The van der Waals surface area contributed by atoms with E-state index in [4.69, 9.17) is 0 Å². The molecule has 0 aliphatic rings. The summed E-state index contributed by atoms with van der Waals surface area (Å²) in [5.74, 6) is 0.317. The van der Waals surface area contributed by atoms with E-state index in [0.717, 1.165) is 19.3 Å². The lowest BCUT2D eigenvalue weighted by molar-refractivity contribution is -0.126. The largest absolute Gasteiger partial charge is 0.356 e. The molecule has 0 bridgehead atoms. The Kier molecular flexibility index (Phi) is 6.30. The molecule has 0 saturated carbocycles. The molecule has 0 spiro atoms. The summed E-state index contributed by atoms with van der Waals surface area (Å²) >= 11 is 0. The maximum atomic E-state index is 11.8. The van der Waals surface area contributed by atoms with E-state index in [1.165, 1.54) is 0 Å². The third-order valence-corrected chi connectivity index (χ3v) is 2.30. The first-order valence-electron chi connectivity index (χ1n) is 5.79. The topological polar surface area (TPSA) is 29.1 Å². The molecule has 0 aromatic heterocycles. The van der Waals surface area contributed by atoms with Crippen LogP contribution >= 0.6 is 0 Å². The highest BCUT2D eigenvalue weighted by molar-refractivity contribution is 5.78. The molecule has 2 nitrogen and oxygen atoms in total. The van der Waals surface area contributed by atoms with Gasteiger partial charge in [-0.3, -0.25) is 4.79 Å². The van der Waals surface area contributed by atoms with Gasteiger partial charge in [0.15, 0.2) is 0 Å². The van der Waals surface area contributed by atoms with Gasteiger partial charge < -0.3 is 5.32 Å². The minimum Gasteiger partial charge on any atom is -0.356 e. The van der Waals surface area contributed by atoms with Crippen molar-refractivity contribution < 1.29 is 4.79 Å². The Morgan fingerprint density at radius 3 is 2.47 bits per heavy atom. The number of hydrogen-bond donors (Lipinski definition) is 1. The smallest absolute Gasteiger partial charge is 0.223 e. The molecule has 0 aromatic carbocycles. The maximum absolute atomic E-state index is 11.8. The molecule has 88 valence electrons. The Morgan fingerprint density at radius 2 is 2.07 bits per heavy atom. The molecule has 0 radical (unpaired) electrons. The Bertz CT molecular complexity index is 203. The fourth-order valence-electron chi connectivity index (χ4n) is 1.70. The Hall–Kier alpha value is -0.790. The first-order valence-corrected chi connectivity index (χ1v) is 5.79. The summed E-state index contributed by atoms with van der Waals surface area (Å²) in [7, 11) is 0. The second-order valence-electron chi connectivity index (χ2n) is 5.22. The zero-order valence-corrected chi connectivity index (χ0v) is 10.6. The minimum absolute atomic E-state index is 0.128. The molecule has 1 unspecified atom stereocenters. The molecule has 1 atom stereocenters. The first-order chi connectivity index (χ1) is 6.90. The predicted octanol–water partition coefficient (Wildman–Crippen LogP) is 3.14. The molecule has 0 saturated heterocycles. The standard InChI is InChI=1S/C13H25NO/c1-6-8-9-11(10-13(3,4)5)12(15)14-7-2/h6,11H,1,7-10H2,2-5H3,(H,14,15). The number of allylic oxidation sites excluding steroid dienone is 1. The van der Waals surface area contributed by atoms with E-state index in [1.807, 2.05) is 13.0 Å². The normalized spacial score (nSPS) is 13.3. The van der Waals surface area contributed by atoms with E-state index < -0.39 is 0 Å². The van der Waals surface area contributed by atoms with Crippen LogP contribution in [0.1, 0.15) is 47.0 Å². The first kappa shape index (κ1) is 14.2. The average molecular weight is 211 g/mol. The van der Waals surface area contributed by atoms with Gasteiger partial charge in [-0.05, 0) is 31.6 Å². The van der Waals surface area contributed by atoms with Crippen molar-refractivity contribution in [3.8, 4) is 0 Å². The number of nitrogens with one attached hydrogen (secondary N) is 1. The van der Waals surface area contributed by atoms with Crippen LogP contribution in [0.15, 0.2) is 12.7 Å². The van der Waals surface area contributed by atoms with Gasteiger partial charge in [0.2, 0.25) is 5.91 Å². The van der Waals surface area contributed by atoms with Crippen LogP contribution < -0.4 is 5.32 Å². The molecule has 1 amide bonds. The van der Waals surface area contributed by atoms with Gasteiger partial charge in [0.1, 0.15) is 0 Å². The molecule has 0 aromatic rings. The predicted molar refractivity (Wildman–Crippen MR) is 65.7 cm³/mol. The lowest BCUT2D eigenvalue weighted by atomic mass is 9.82. The molecule has 0 heterocycles. The molecule has 2 heteroatoms. The van der Waals surface area contributed by atoms with Crippen LogP contribution in [0.4, 0.5) is 0 Å². The average Bonchev–Trinajstić information content (AvgIpc) is 2.10. The monoisotopic (exact) mass is 211 g/mol. The Balaban J connectivity index is 4.29. The van der Waals surface area contributed by atoms with Crippen LogP contribution in [0, 0.1) is 11.3 Å². The van der Waals surface area contributed by atoms with Gasteiger partial charge >= 0.3 is 0 Å². The van der Waals surface area contributed by atoms with Crippen molar-refractivity contribution in [3.63, 3.8) is 0 Å². The van der Waals surface area contributed by atoms with E-state index in [1.54, 1.807) is 0 Å². The second kappa shape index (κ2) is 6.65. The highest BCUT2D eigenvalue weighted by atomic mass is 16.1. The fourth-order valence-corrected chi connectivity index (χ4v) is 1.70. The number of hydrogen-bond acceptors (Lipinski definition) is 1. The van der Waals surface area contributed by atoms with Crippen molar-refractivity contribution in [1.82, 2.24) is 5.32 Å². The highest BCUT2D eigenvalue weighted by Crippen LogP contribution is 2.27. The summed E-state index contributed by atoms with van der Waals surface area (Å²) in [5, 5.41) is 2.90. The molecule has 15 heavy (non-hydrogen) atoms. The van der Waals surface area contributed by atoms with Gasteiger partial charge in [-0.2, -0.15) is 0 Å². The zero-order chi connectivity index (χ0) is 11.9. The van der Waals surface area contributed by atoms with Gasteiger partial charge in [-0.15, -0.1) is 6.58 Å². The van der Waals surface area contributed by atoms with Crippen LogP contribution in [0.25, 0.3) is 0 Å². The van der Waals surface area contributed by atoms with Gasteiger partial charge in [0.05, 0.1) is 0 Å². The number of carbonyl (C=O) groups excluding carboxylic acids is 1. The molecule has 1 N–H and O–H groups in total. The Labute approximate surface area is 94.1 Å². The summed E-state index contributed by atoms with van der Waals surface area (Å²) in [6.07, 6.45) is 4.64. The van der Waals surface area contributed by atoms with E-state index in [0.29, 0.717) is 6.54 Å². The Morgan fingerprint density at radius 1 is 1.47 bits per heavy atom. The van der Waals surface area contributed by atoms with Crippen LogP contribution in [0.2, 0.25) is 0 Å². The van der Waals surface area contributed by atoms with Crippen molar-refractivity contribution in [2.45, 2.75) is 47.0 Å². The zero-order valence-electron chi connectivity index (χ0n) is 10.6. The molecule has 0 aliphatic heterocycles. The number of amides is 1. The van der Waals surface area contributed by atoms with Crippen molar-refractivity contribution in [3.05, 3.63) is 12.7 Å². The molecule has 0 rings (SSSR count).